The zero-order valence-corrected chi connectivity index (χ0v) is 18.8. The quantitative estimate of drug-likeness (QED) is 0.488. The normalized spacial score (nSPS) is 10.7. The molecule has 8 heteroatoms. The number of para-hydroxylation sites is 2. The van der Waals surface area contributed by atoms with Crippen LogP contribution in [0.2, 0.25) is 0 Å². The first-order chi connectivity index (χ1) is 15.2. The first kappa shape index (κ1) is 24.7. The second-order valence-corrected chi connectivity index (χ2v) is 8.10. The summed E-state index contributed by atoms with van der Waals surface area (Å²) in [5.41, 5.74) is 0.683. The lowest BCUT2D eigenvalue weighted by Gasteiger charge is -2.19. The average molecular weight is 442 g/mol. The van der Waals surface area contributed by atoms with E-state index in [1.165, 1.54) is 0 Å². The SMILES string of the molecule is CC(C)(C)OC(=O)NCC(=O)Nc1ccccc1CNC(=O)CCCOc1ccccc1. The van der Waals surface area contributed by atoms with Gasteiger partial charge in [-0.2, -0.15) is 0 Å². The molecular weight excluding hydrogens is 410 g/mol. The van der Waals surface area contributed by atoms with Gasteiger partial charge in [0.1, 0.15) is 17.9 Å². The van der Waals surface area contributed by atoms with Crippen LogP contribution in [-0.2, 0) is 20.9 Å². The molecule has 0 aliphatic rings. The van der Waals surface area contributed by atoms with Crippen LogP contribution in [0.5, 0.6) is 5.75 Å². The number of rotatable bonds is 10. The maximum Gasteiger partial charge on any atom is 0.408 e. The van der Waals surface area contributed by atoms with Crippen LogP contribution < -0.4 is 20.7 Å². The lowest BCUT2D eigenvalue weighted by molar-refractivity contribution is -0.121. The van der Waals surface area contributed by atoms with Gasteiger partial charge < -0.3 is 25.4 Å². The van der Waals surface area contributed by atoms with Crippen LogP contribution in [0.15, 0.2) is 54.6 Å². The number of benzene rings is 2. The summed E-state index contributed by atoms with van der Waals surface area (Å²) in [5, 5.41) is 8.01. The molecule has 0 atom stereocenters. The van der Waals surface area contributed by atoms with Crippen molar-refractivity contribution in [1.82, 2.24) is 10.6 Å². The fourth-order valence-corrected chi connectivity index (χ4v) is 2.68. The predicted molar refractivity (Wildman–Crippen MR) is 122 cm³/mol. The number of anilines is 1. The van der Waals surface area contributed by atoms with Gasteiger partial charge in [-0.1, -0.05) is 36.4 Å². The molecule has 3 N–H and O–H groups in total. The largest absolute Gasteiger partial charge is 0.494 e. The molecule has 2 aromatic rings. The van der Waals surface area contributed by atoms with Gasteiger partial charge in [-0.05, 0) is 51.0 Å². The third-order valence-corrected chi connectivity index (χ3v) is 4.12. The van der Waals surface area contributed by atoms with Crippen molar-refractivity contribution in [2.24, 2.45) is 0 Å². The Morgan fingerprint density at radius 1 is 0.875 bits per heavy atom. The Morgan fingerprint density at radius 3 is 2.28 bits per heavy atom. The molecule has 0 unspecified atom stereocenters. The van der Waals surface area contributed by atoms with Gasteiger partial charge in [-0.25, -0.2) is 4.79 Å². The Bertz CT molecular complexity index is 894. The van der Waals surface area contributed by atoms with Crippen molar-refractivity contribution in [3.63, 3.8) is 0 Å². The smallest absolute Gasteiger partial charge is 0.408 e. The van der Waals surface area contributed by atoms with E-state index < -0.39 is 17.6 Å². The van der Waals surface area contributed by atoms with E-state index in [4.69, 9.17) is 9.47 Å². The van der Waals surface area contributed by atoms with E-state index in [1.54, 1.807) is 32.9 Å². The Kier molecular flexibility index (Phi) is 9.53. The van der Waals surface area contributed by atoms with E-state index in [-0.39, 0.29) is 19.0 Å². The molecule has 0 spiro atoms. The molecule has 32 heavy (non-hydrogen) atoms. The molecule has 0 heterocycles. The molecule has 0 aromatic heterocycles. The van der Waals surface area contributed by atoms with Crippen molar-refractivity contribution in [3.8, 4) is 5.75 Å². The van der Waals surface area contributed by atoms with Gasteiger partial charge in [0, 0.05) is 18.7 Å². The summed E-state index contributed by atoms with van der Waals surface area (Å²) in [7, 11) is 0. The minimum atomic E-state index is -0.663. The molecule has 3 amide bonds. The number of hydrogen-bond acceptors (Lipinski definition) is 5. The van der Waals surface area contributed by atoms with Gasteiger partial charge >= 0.3 is 6.09 Å². The summed E-state index contributed by atoms with van der Waals surface area (Å²) < 4.78 is 10.7. The predicted octanol–water partition coefficient (Wildman–Crippen LogP) is 3.63. The van der Waals surface area contributed by atoms with Crippen LogP contribution in [0, 0.1) is 0 Å². The average Bonchev–Trinajstić information content (AvgIpc) is 2.74. The van der Waals surface area contributed by atoms with Crippen LogP contribution >= 0.6 is 0 Å². The fourth-order valence-electron chi connectivity index (χ4n) is 2.68. The summed E-state index contributed by atoms with van der Waals surface area (Å²) in [6, 6.07) is 16.6. The summed E-state index contributed by atoms with van der Waals surface area (Å²) in [4.78, 5) is 36.0. The molecule has 0 saturated heterocycles. The highest BCUT2D eigenvalue weighted by molar-refractivity contribution is 5.94. The molecule has 0 bridgehead atoms. The molecule has 8 nitrogen and oxygen atoms in total. The first-order valence-electron chi connectivity index (χ1n) is 10.5. The summed E-state index contributed by atoms with van der Waals surface area (Å²) in [6.07, 6.45) is 0.265. The number of amides is 3. The fraction of sp³-hybridized carbons (Fsp3) is 0.375. The van der Waals surface area contributed by atoms with E-state index in [0.29, 0.717) is 25.1 Å². The van der Waals surface area contributed by atoms with Crippen LogP contribution in [0.3, 0.4) is 0 Å². The molecule has 2 rings (SSSR count). The van der Waals surface area contributed by atoms with Gasteiger partial charge in [0.25, 0.3) is 0 Å². The van der Waals surface area contributed by atoms with Crippen molar-refractivity contribution in [1.29, 1.82) is 0 Å². The van der Waals surface area contributed by atoms with Crippen molar-refractivity contribution < 1.29 is 23.9 Å². The lowest BCUT2D eigenvalue weighted by atomic mass is 10.1. The van der Waals surface area contributed by atoms with Gasteiger partial charge in [0.2, 0.25) is 11.8 Å². The highest BCUT2D eigenvalue weighted by Gasteiger charge is 2.17. The molecular formula is C24H31N3O5. The lowest BCUT2D eigenvalue weighted by Crippen LogP contribution is -2.37. The highest BCUT2D eigenvalue weighted by Crippen LogP contribution is 2.15. The number of alkyl carbamates (subject to hydrolysis) is 1. The summed E-state index contributed by atoms with van der Waals surface area (Å²) in [6.45, 7) is 5.73. The Balaban J connectivity index is 1.73. The van der Waals surface area contributed by atoms with Crippen LogP contribution in [0.4, 0.5) is 10.5 Å². The van der Waals surface area contributed by atoms with Crippen molar-refractivity contribution in [3.05, 3.63) is 60.2 Å². The topological polar surface area (TPSA) is 106 Å². The van der Waals surface area contributed by atoms with E-state index in [2.05, 4.69) is 16.0 Å². The zero-order chi connectivity index (χ0) is 23.4. The maximum absolute atomic E-state index is 12.2. The van der Waals surface area contributed by atoms with E-state index >= 15 is 0 Å². The minimum Gasteiger partial charge on any atom is -0.494 e. The number of carbonyl (C=O) groups excluding carboxylic acids is 3. The number of ether oxygens (including phenoxy) is 2. The number of nitrogens with one attached hydrogen (secondary N) is 3. The van der Waals surface area contributed by atoms with Crippen molar-refractivity contribution in [2.75, 3.05) is 18.5 Å². The summed E-state index contributed by atoms with van der Waals surface area (Å²) >= 11 is 0. The molecule has 0 saturated carbocycles. The standard InChI is InChI=1S/C24H31N3O5/c1-24(2,3)32-23(30)26-17-22(29)27-20-13-8-7-10-18(20)16-25-21(28)14-9-15-31-19-11-5-4-6-12-19/h4-8,10-13H,9,14-17H2,1-3H3,(H,25,28)(H,26,30)(H,27,29). The molecule has 0 aliphatic heterocycles. The maximum atomic E-state index is 12.2. The van der Waals surface area contributed by atoms with Gasteiger partial charge in [0.05, 0.1) is 6.61 Å². The Hall–Kier alpha value is -3.55. The monoisotopic (exact) mass is 441 g/mol. The van der Waals surface area contributed by atoms with Crippen LogP contribution in [0.1, 0.15) is 39.2 Å². The molecule has 0 fully saturated rings. The van der Waals surface area contributed by atoms with Gasteiger partial charge in [0.15, 0.2) is 0 Å². The minimum absolute atomic E-state index is 0.102. The molecule has 0 radical (unpaired) electrons. The Morgan fingerprint density at radius 2 is 1.56 bits per heavy atom. The second kappa shape index (κ2) is 12.3. The van der Waals surface area contributed by atoms with Crippen LogP contribution in [0.25, 0.3) is 0 Å². The highest BCUT2D eigenvalue weighted by atomic mass is 16.6. The van der Waals surface area contributed by atoms with E-state index in [9.17, 15) is 14.4 Å². The molecule has 0 aliphatic carbocycles. The number of hydrogen-bond donors (Lipinski definition) is 3. The molecule has 172 valence electrons. The zero-order valence-electron chi connectivity index (χ0n) is 18.8. The summed E-state index contributed by atoms with van der Waals surface area (Å²) in [5.74, 6) is 0.279. The van der Waals surface area contributed by atoms with Crippen molar-refractivity contribution in [2.45, 2.75) is 45.8 Å². The van der Waals surface area contributed by atoms with E-state index in [0.717, 1.165) is 11.3 Å². The Labute approximate surface area is 188 Å². The molecule has 2 aromatic carbocycles. The third kappa shape index (κ3) is 9.97. The first-order valence-corrected chi connectivity index (χ1v) is 10.5. The van der Waals surface area contributed by atoms with E-state index in [1.807, 2.05) is 42.5 Å². The van der Waals surface area contributed by atoms with Crippen molar-refractivity contribution >= 4 is 23.6 Å². The second-order valence-electron chi connectivity index (χ2n) is 8.10. The number of carbonyl (C=O) groups is 3. The third-order valence-electron chi connectivity index (χ3n) is 4.12. The van der Waals surface area contributed by atoms with Gasteiger partial charge in [-0.15, -0.1) is 0 Å². The van der Waals surface area contributed by atoms with Gasteiger partial charge in [-0.3, -0.25) is 9.59 Å². The van der Waals surface area contributed by atoms with Crippen LogP contribution in [-0.4, -0.2) is 36.7 Å².